The standard InChI is InChI=1S/C14H19N3O5S/c1-22-14-8-12(4-5-13(14)17(18)19)23(20,21)16-10-2-3-11(16)9-15-7-6-10/h4-5,8,10-11,15H,2-3,6-7,9H2,1H3. The van der Waals surface area contributed by atoms with E-state index in [1.807, 2.05) is 0 Å². The second kappa shape index (κ2) is 6.06. The topological polar surface area (TPSA) is 102 Å². The highest BCUT2D eigenvalue weighted by molar-refractivity contribution is 7.89. The maximum atomic E-state index is 13.0. The van der Waals surface area contributed by atoms with Gasteiger partial charge in [-0.2, -0.15) is 4.31 Å². The fraction of sp³-hybridized carbons (Fsp3) is 0.571. The highest BCUT2D eigenvalue weighted by Crippen LogP contribution is 2.36. The Kier molecular flexibility index (Phi) is 4.26. The van der Waals surface area contributed by atoms with Crippen LogP contribution in [0.5, 0.6) is 5.75 Å². The van der Waals surface area contributed by atoms with E-state index in [-0.39, 0.29) is 28.4 Å². The molecule has 8 nitrogen and oxygen atoms in total. The molecule has 126 valence electrons. The molecule has 23 heavy (non-hydrogen) atoms. The molecule has 2 aliphatic rings. The second-order valence-corrected chi connectivity index (χ2v) is 7.65. The number of nitrogens with one attached hydrogen (secondary N) is 1. The molecule has 1 aromatic rings. The first-order valence-corrected chi connectivity index (χ1v) is 8.96. The molecule has 9 heteroatoms. The Labute approximate surface area is 134 Å². The first kappa shape index (κ1) is 16.2. The highest BCUT2D eigenvalue weighted by atomic mass is 32.2. The van der Waals surface area contributed by atoms with Crippen LogP contribution in [-0.2, 0) is 10.0 Å². The fourth-order valence-electron chi connectivity index (χ4n) is 3.42. The average Bonchev–Trinajstić information content (AvgIpc) is 2.80. The van der Waals surface area contributed by atoms with Crippen LogP contribution in [0.3, 0.4) is 0 Å². The van der Waals surface area contributed by atoms with Gasteiger partial charge in [-0.1, -0.05) is 0 Å². The number of nitro groups is 1. The fourth-order valence-corrected chi connectivity index (χ4v) is 5.34. The van der Waals surface area contributed by atoms with Gasteiger partial charge in [-0.3, -0.25) is 10.1 Å². The van der Waals surface area contributed by atoms with Gasteiger partial charge in [0.2, 0.25) is 10.0 Å². The average molecular weight is 341 g/mol. The molecule has 0 radical (unpaired) electrons. The van der Waals surface area contributed by atoms with E-state index >= 15 is 0 Å². The molecule has 3 rings (SSSR count). The number of nitrogens with zero attached hydrogens (tertiary/aromatic N) is 2. The van der Waals surface area contributed by atoms with Gasteiger partial charge in [0, 0.05) is 30.8 Å². The Morgan fingerprint density at radius 2 is 2.04 bits per heavy atom. The van der Waals surface area contributed by atoms with Crippen LogP contribution < -0.4 is 10.1 Å². The molecule has 1 N–H and O–H groups in total. The number of methoxy groups -OCH3 is 1. The van der Waals surface area contributed by atoms with Crippen LogP contribution >= 0.6 is 0 Å². The quantitative estimate of drug-likeness (QED) is 0.650. The lowest BCUT2D eigenvalue weighted by atomic mass is 10.1. The lowest BCUT2D eigenvalue weighted by Crippen LogP contribution is -2.42. The predicted molar refractivity (Wildman–Crippen MR) is 83.0 cm³/mol. The van der Waals surface area contributed by atoms with Crippen LogP contribution in [0, 0.1) is 10.1 Å². The summed E-state index contributed by atoms with van der Waals surface area (Å²) >= 11 is 0. The highest BCUT2D eigenvalue weighted by Gasteiger charge is 2.43. The number of ether oxygens (including phenoxy) is 1. The molecule has 0 amide bonds. The minimum absolute atomic E-state index is 0.0128. The van der Waals surface area contributed by atoms with Crippen molar-refractivity contribution in [3.63, 3.8) is 0 Å². The van der Waals surface area contributed by atoms with Crippen LogP contribution in [0.25, 0.3) is 0 Å². The molecule has 0 aliphatic carbocycles. The molecule has 2 unspecified atom stereocenters. The van der Waals surface area contributed by atoms with Crippen molar-refractivity contribution in [1.82, 2.24) is 9.62 Å². The van der Waals surface area contributed by atoms with Crippen LogP contribution in [0.2, 0.25) is 0 Å². The molecule has 2 saturated heterocycles. The van der Waals surface area contributed by atoms with Crippen molar-refractivity contribution in [3.8, 4) is 5.75 Å². The molecule has 2 fully saturated rings. The van der Waals surface area contributed by atoms with Gasteiger partial charge < -0.3 is 10.1 Å². The van der Waals surface area contributed by atoms with E-state index in [9.17, 15) is 18.5 Å². The van der Waals surface area contributed by atoms with Crippen molar-refractivity contribution in [2.24, 2.45) is 0 Å². The monoisotopic (exact) mass is 341 g/mol. The van der Waals surface area contributed by atoms with E-state index in [1.165, 1.54) is 25.3 Å². The van der Waals surface area contributed by atoms with Crippen molar-refractivity contribution in [2.45, 2.75) is 36.2 Å². The molecular weight excluding hydrogens is 322 g/mol. The zero-order valence-corrected chi connectivity index (χ0v) is 13.6. The van der Waals surface area contributed by atoms with E-state index in [0.29, 0.717) is 6.54 Å². The van der Waals surface area contributed by atoms with Gasteiger partial charge >= 0.3 is 5.69 Å². The summed E-state index contributed by atoms with van der Waals surface area (Å²) in [6.07, 6.45) is 2.47. The number of rotatable bonds is 4. The van der Waals surface area contributed by atoms with E-state index in [1.54, 1.807) is 4.31 Å². The van der Waals surface area contributed by atoms with Gasteiger partial charge in [-0.25, -0.2) is 8.42 Å². The zero-order chi connectivity index (χ0) is 16.6. The molecule has 0 spiro atoms. The third kappa shape index (κ3) is 2.79. The Hall–Kier alpha value is -1.71. The van der Waals surface area contributed by atoms with Crippen molar-refractivity contribution < 1.29 is 18.1 Å². The lowest BCUT2D eigenvalue weighted by Gasteiger charge is -2.27. The van der Waals surface area contributed by atoms with Gasteiger partial charge in [0.15, 0.2) is 5.75 Å². The van der Waals surface area contributed by atoms with Crippen LogP contribution in [0.15, 0.2) is 23.1 Å². The molecule has 1 aromatic carbocycles. The Morgan fingerprint density at radius 1 is 1.30 bits per heavy atom. The van der Waals surface area contributed by atoms with Gasteiger partial charge in [-0.05, 0) is 31.9 Å². The van der Waals surface area contributed by atoms with Crippen LogP contribution in [-0.4, -0.2) is 49.9 Å². The summed E-state index contributed by atoms with van der Waals surface area (Å²) in [5, 5.41) is 14.2. The smallest absolute Gasteiger partial charge is 0.310 e. The minimum atomic E-state index is -3.71. The van der Waals surface area contributed by atoms with Crippen molar-refractivity contribution in [3.05, 3.63) is 28.3 Å². The molecular formula is C14H19N3O5S. The molecule has 0 saturated carbocycles. The van der Waals surface area contributed by atoms with Gasteiger partial charge in [-0.15, -0.1) is 0 Å². The third-order valence-electron chi connectivity index (χ3n) is 4.51. The lowest BCUT2D eigenvalue weighted by molar-refractivity contribution is -0.385. The predicted octanol–water partition coefficient (Wildman–Crippen LogP) is 1.12. The summed E-state index contributed by atoms with van der Waals surface area (Å²) in [4.78, 5) is 10.4. The Bertz CT molecular complexity index is 707. The van der Waals surface area contributed by atoms with E-state index in [0.717, 1.165) is 25.8 Å². The number of nitro benzene ring substituents is 1. The maximum Gasteiger partial charge on any atom is 0.310 e. The Balaban J connectivity index is 2.01. The summed E-state index contributed by atoms with van der Waals surface area (Å²) in [5.74, 6) is -0.0450. The molecule has 2 heterocycles. The van der Waals surface area contributed by atoms with Gasteiger partial charge in [0.1, 0.15) is 0 Å². The van der Waals surface area contributed by atoms with Crippen LogP contribution in [0.1, 0.15) is 19.3 Å². The minimum Gasteiger partial charge on any atom is -0.490 e. The van der Waals surface area contributed by atoms with E-state index < -0.39 is 14.9 Å². The normalized spacial score (nSPS) is 25.1. The SMILES string of the molecule is COc1cc(S(=O)(=O)N2C3CCNCC2CC3)ccc1[N+](=O)[O-]. The molecule has 0 aromatic heterocycles. The second-order valence-electron chi connectivity index (χ2n) is 5.80. The van der Waals surface area contributed by atoms with E-state index in [2.05, 4.69) is 5.32 Å². The number of hydrogen-bond acceptors (Lipinski definition) is 6. The first-order chi connectivity index (χ1) is 10.9. The van der Waals surface area contributed by atoms with Crippen molar-refractivity contribution in [2.75, 3.05) is 20.2 Å². The third-order valence-corrected chi connectivity index (χ3v) is 6.51. The molecule has 2 atom stereocenters. The summed E-state index contributed by atoms with van der Waals surface area (Å²) in [5.41, 5.74) is -0.244. The van der Waals surface area contributed by atoms with E-state index in [4.69, 9.17) is 4.74 Å². The summed E-state index contributed by atoms with van der Waals surface area (Å²) in [6, 6.07) is 3.64. The number of fused-ring (bicyclic) bond motifs is 2. The molecule has 2 aliphatic heterocycles. The number of sulfonamides is 1. The Morgan fingerprint density at radius 3 is 2.74 bits per heavy atom. The first-order valence-electron chi connectivity index (χ1n) is 7.52. The van der Waals surface area contributed by atoms with Crippen LogP contribution in [0.4, 0.5) is 5.69 Å². The molecule has 2 bridgehead atoms. The zero-order valence-electron chi connectivity index (χ0n) is 12.8. The number of benzene rings is 1. The van der Waals surface area contributed by atoms with Crippen molar-refractivity contribution >= 4 is 15.7 Å². The number of hydrogen-bond donors (Lipinski definition) is 1. The van der Waals surface area contributed by atoms with Gasteiger partial charge in [0.25, 0.3) is 0 Å². The summed E-state index contributed by atoms with van der Waals surface area (Å²) < 4.78 is 32.6. The summed E-state index contributed by atoms with van der Waals surface area (Å²) in [6.45, 7) is 1.44. The van der Waals surface area contributed by atoms with Gasteiger partial charge in [0.05, 0.1) is 16.9 Å². The largest absolute Gasteiger partial charge is 0.490 e. The van der Waals surface area contributed by atoms with Crippen molar-refractivity contribution in [1.29, 1.82) is 0 Å². The maximum absolute atomic E-state index is 13.0. The summed E-state index contributed by atoms with van der Waals surface area (Å²) in [7, 11) is -2.42.